The number of nitrogens with two attached hydrogens (primary N) is 1. The lowest BCUT2D eigenvalue weighted by Gasteiger charge is -2.15. The SMILES string of the molecule is N/C(=N\O)C(NCc1ccccc1)c1ccc(Cl)s1. The van der Waals surface area contributed by atoms with Crippen LogP contribution in [0.15, 0.2) is 47.6 Å². The predicted octanol–water partition coefficient (Wildman–Crippen LogP) is 2.98. The average molecular weight is 296 g/mol. The minimum Gasteiger partial charge on any atom is -0.409 e. The number of amidine groups is 1. The number of benzene rings is 1. The monoisotopic (exact) mass is 295 g/mol. The Morgan fingerprint density at radius 1 is 1.32 bits per heavy atom. The lowest BCUT2D eigenvalue weighted by atomic mass is 10.2. The highest BCUT2D eigenvalue weighted by molar-refractivity contribution is 7.16. The van der Waals surface area contributed by atoms with E-state index in [1.165, 1.54) is 11.3 Å². The maximum Gasteiger partial charge on any atom is 0.161 e. The van der Waals surface area contributed by atoms with Crippen molar-refractivity contribution in [1.82, 2.24) is 5.32 Å². The maximum atomic E-state index is 8.87. The molecule has 6 heteroatoms. The zero-order valence-electron chi connectivity index (χ0n) is 10.1. The Morgan fingerprint density at radius 2 is 2.05 bits per heavy atom. The Morgan fingerprint density at radius 3 is 2.63 bits per heavy atom. The summed E-state index contributed by atoms with van der Waals surface area (Å²) >= 11 is 7.32. The topological polar surface area (TPSA) is 70.6 Å². The van der Waals surface area contributed by atoms with Gasteiger partial charge in [-0.05, 0) is 17.7 Å². The molecule has 0 amide bonds. The summed E-state index contributed by atoms with van der Waals surface area (Å²) in [6, 6.07) is 13.2. The molecule has 2 rings (SSSR count). The minimum atomic E-state index is -0.345. The van der Waals surface area contributed by atoms with Gasteiger partial charge in [-0.1, -0.05) is 47.1 Å². The molecule has 0 saturated carbocycles. The number of nitrogens with one attached hydrogen (secondary N) is 1. The Labute approximate surface area is 120 Å². The molecule has 1 atom stereocenters. The van der Waals surface area contributed by atoms with Gasteiger partial charge in [0.15, 0.2) is 5.84 Å². The van der Waals surface area contributed by atoms with Crippen molar-refractivity contribution in [3.63, 3.8) is 0 Å². The second-order valence-electron chi connectivity index (χ2n) is 3.97. The fourth-order valence-corrected chi connectivity index (χ4v) is 2.86. The van der Waals surface area contributed by atoms with E-state index in [-0.39, 0.29) is 11.9 Å². The first-order valence-corrected chi connectivity index (χ1v) is 6.90. The normalized spacial score (nSPS) is 13.4. The van der Waals surface area contributed by atoms with Crippen LogP contribution in [0.2, 0.25) is 4.34 Å². The third kappa shape index (κ3) is 3.70. The van der Waals surface area contributed by atoms with Gasteiger partial charge in [-0.15, -0.1) is 11.3 Å². The number of nitrogens with zero attached hydrogens (tertiary/aromatic N) is 1. The van der Waals surface area contributed by atoms with Crippen LogP contribution in [-0.4, -0.2) is 11.0 Å². The van der Waals surface area contributed by atoms with Gasteiger partial charge < -0.3 is 10.9 Å². The Kier molecular flexibility index (Phi) is 4.79. The summed E-state index contributed by atoms with van der Waals surface area (Å²) in [5.41, 5.74) is 6.85. The summed E-state index contributed by atoms with van der Waals surface area (Å²) in [6.45, 7) is 0.622. The van der Waals surface area contributed by atoms with Crippen LogP contribution < -0.4 is 11.1 Å². The molecule has 4 nitrogen and oxygen atoms in total. The zero-order chi connectivity index (χ0) is 13.7. The van der Waals surface area contributed by atoms with Gasteiger partial charge in [0.2, 0.25) is 0 Å². The molecule has 1 unspecified atom stereocenters. The molecule has 0 spiro atoms. The summed E-state index contributed by atoms with van der Waals surface area (Å²) < 4.78 is 0.673. The first-order chi connectivity index (χ1) is 9.20. The van der Waals surface area contributed by atoms with Gasteiger partial charge in [0.1, 0.15) is 6.04 Å². The summed E-state index contributed by atoms with van der Waals surface area (Å²) in [4.78, 5) is 0.913. The molecule has 0 bridgehead atoms. The molecular weight excluding hydrogens is 282 g/mol. The fraction of sp³-hybridized carbons (Fsp3) is 0.154. The molecule has 2 aromatic rings. The molecule has 0 fully saturated rings. The molecule has 0 aliphatic heterocycles. The highest BCUT2D eigenvalue weighted by Gasteiger charge is 2.18. The predicted molar refractivity (Wildman–Crippen MR) is 78.8 cm³/mol. The van der Waals surface area contributed by atoms with Gasteiger partial charge in [0.25, 0.3) is 0 Å². The third-order valence-corrected chi connectivity index (χ3v) is 3.94. The van der Waals surface area contributed by atoms with Crippen molar-refractivity contribution in [2.24, 2.45) is 10.9 Å². The molecule has 0 aliphatic rings. The molecule has 0 radical (unpaired) electrons. The Balaban J connectivity index is 2.11. The van der Waals surface area contributed by atoms with Crippen LogP contribution in [-0.2, 0) is 6.54 Å². The molecule has 4 N–H and O–H groups in total. The average Bonchev–Trinajstić information content (AvgIpc) is 2.86. The van der Waals surface area contributed by atoms with E-state index in [0.29, 0.717) is 10.9 Å². The first-order valence-electron chi connectivity index (χ1n) is 5.70. The van der Waals surface area contributed by atoms with Crippen molar-refractivity contribution >= 4 is 28.8 Å². The second-order valence-corrected chi connectivity index (χ2v) is 5.71. The number of halogens is 1. The van der Waals surface area contributed by atoms with Crippen LogP contribution in [0.3, 0.4) is 0 Å². The van der Waals surface area contributed by atoms with Crippen molar-refractivity contribution in [3.05, 3.63) is 57.2 Å². The van der Waals surface area contributed by atoms with E-state index in [1.807, 2.05) is 36.4 Å². The smallest absolute Gasteiger partial charge is 0.161 e. The Hall–Kier alpha value is -1.56. The maximum absolute atomic E-state index is 8.87. The number of hydrogen-bond acceptors (Lipinski definition) is 4. The van der Waals surface area contributed by atoms with Crippen molar-refractivity contribution in [2.45, 2.75) is 12.6 Å². The van der Waals surface area contributed by atoms with Gasteiger partial charge in [0, 0.05) is 11.4 Å². The summed E-state index contributed by atoms with van der Waals surface area (Å²) in [7, 11) is 0. The lowest BCUT2D eigenvalue weighted by molar-refractivity contribution is 0.314. The number of thiophene rings is 1. The lowest BCUT2D eigenvalue weighted by Crippen LogP contribution is -2.33. The second kappa shape index (κ2) is 6.56. The molecule has 1 aromatic heterocycles. The summed E-state index contributed by atoms with van der Waals surface area (Å²) in [5, 5.41) is 15.2. The van der Waals surface area contributed by atoms with Gasteiger partial charge in [-0.3, -0.25) is 5.32 Å². The molecule has 1 heterocycles. The number of oxime groups is 1. The molecular formula is C13H14ClN3OS. The van der Waals surface area contributed by atoms with Gasteiger partial charge in [-0.2, -0.15) is 0 Å². The number of hydrogen-bond donors (Lipinski definition) is 3. The van der Waals surface area contributed by atoms with Gasteiger partial charge in [-0.25, -0.2) is 0 Å². The van der Waals surface area contributed by atoms with E-state index >= 15 is 0 Å². The van der Waals surface area contributed by atoms with E-state index in [4.69, 9.17) is 22.5 Å². The van der Waals surface area contributed by atoms with Crippen molar-refractivity contribution in [3.8, 4) is 0 Å². The Bertz CT molecular complexity index is 556. The van der Waals surface area contributed by atoms with Crippen LogP contribution in [0.5, 0.6) is 0 Å². The fourth-order valence-electron chi connectivity index (χ4n) is 1.71. The van der Waals surface area contributed by atoms with E-state index in [2.05, 4.69) is 10.5 Å². The molecule has 0 aliphatic carbocycles. The highest BCUT2D eigenvalue weighted by atomic mass is 35.5. The number of rotatable bonds is 5. The molecule has 1 aromatic carbocycles. The third-order valence-electron chi connectivity index (χ3n) is 2.64. The van der Waals surface area contributed by atoms with E-state index in [1.54, 1.807) is 6.07 Å². The van der Waals surface area contributed by atoms with Gasteiger partial charge in [0.05, 0.1) is 4.34 Å². The van der Waals surface area contributed by atoms with Gasteiger partial charge >= 0.3 is 0 Å². The molecule has 19 heavy (non-hydrogen) atoms. The van der Waals surface area contributed by atoms with Crippen LogP contribution in [0, 0.1) is 0 Å². The summed E-state index contributed by atoms with van der Waals surface area (Å²) in [5.74, 6) is 0.120. The largest absolute Gasteiger partial charge is 0.409 e. The quantitative estimate of drug-likeness (QED) is 0.344. The highest BCUT2D eigenvalue weighted by Crippen LogP contribution is 2.27. The minimum absolute atomic E-state index is 0.120. The zero-order valence-corrected chi connectivity index (χ0v) is 11.7. The first kappa shape index (κ1) is 13.9. The van der Waals surface area contributed by atoms with Crippen LogP contribution in [0.25, 0.3) is 0 Å². The van der Waals surface area contributed by atoms with E-state index in [9.17, 15) is 0 Å². The van der Waals surface area contributed by atoms with E-state index < -0.39 is 0 Å². The van der Waals surface area contributed by atoms with Crippen molar-refractivity contribution in [2.75, 3.05) is 0 Å². The van der Waals surface area contributed by atoms with E-state index in [0.717, 1.165) is 10.4 Å². The molecule has 0 saturated heterocycles. The van der Waals surface area contributed by atoms with Crippen molar-refractivity contribution < 1.29 is 5.21 Å². The molecule has 100 valence electrons. The van der Waals surface area contributed by atoms with Crippen LogP contribution in [0.1, 0.15) is 16.5 Å². The summed E-state index contributed by atoms with van der Waals surface area (Å²) in [6.07, 6.45) is 0. The van der Waals surface area contributed by atoms with Crippen LogP contribution in [0.4, 0.5) is 0 Å². The van der Waals surface area contributed by atoms with Crippen molar-refractivity contribution in [1.29, 1.82) is 0 Å². The standard InChI is InChI=1S/C13H14ClN3OS/c14-11-7-6-10(19-11)12(13(15)17-18)16-8-9-4-2-1-3-5-9/h1-7,12,16,18H,8H2,(H2,15,17). The van der Waals surface area contributed by atoms with Crippen LogP contribution >= 0.6 is 22.9 Å².